The van der Waals surface area contributed by atoms with E-state index >= 15 is 0 Å². The van der Waals surface area contributed by atoms with Crippen molar-refractivity contribution in [3.05, 3.63) is 33.8 Å². The van der Waals surface area contributed by atoms with Crippen LogP contribution in [-0.2, 0) is 11.2 Å². The van der Waals surface area contributed by atoms with E-state index in [2.05, 4.69) is 4.74 Å². The minimum absolute atomic E-state index is 0.315. The van der Waals surface area contributed by atoms with Crippen molar-refractivity contribution in [2.24, 2.45) is 5.73 Å². The molecule has 2 N–H and O–H groups in total. The van der Waals surface area contributed by atoms with Gasteiger partial charge in [-0.1, -0.05) is 29.3 Å². The molecule has 1 aromatic rings. The Bertz CT molecular complexity index is 355. The normalized spacial score (nSPS) is 10.0. The predicted octanol–water partition coefficient (Wildman–Crippen LogP) is 3.02. The smallest absolute Gasteiger partial charge is 0.404 e. The van der Waals surface area contributed by atoms with Crippen LogP contribution in [-0.4, -0.2) is 12.7 Å². The first-order valence-electron chi connectivity index (χ1n) is 4.46. The molecule has 3 nitrogen and oxygen atoms in total. The lowest BCUT2D eigenvalue weighted by molar-refractivity contribution is 0.155. The third-order valence-electron chi connectivity index (χ3n) is 1.84. The fraction of sp³-hybridized carbons (Fsp3) is 0.300. The van der Waals surface area contributed by atoms with Crippen molar-refractivity contribution in [2.75, 3.05) is 6.61 Å². The van der Waals surface area contributed by atoms with Crippen molar-refractivity contribution in [3.8, 4) is 0 Å². The summed E-state index contributed by atoms with van der Waals surface area (Å²) < 4.78 is 4.60. The Morgan fingerprint density at radius 2 is 2.07 bits per heavy atom. The van der Waals surface area contributed by atoms with Crippen LogP contribution in [0.3, 0.4) is 0 Å². The van der Waals surface area contributed by atoms with E-state index in [1.165, 1.54) is 0 Å². The Labute approximate surface area is 98.1 Å². The minimum atomic E-state index is -0.746. The number of halogens is 2. The van der Waals surface area contributed by atoms with Crippen LogP contribution in [0.1, 0.15) is 12.0 Å². The molecule has 1 amide bonds. The summed E-state index contributed by atoms with van der Waals surface area (Å²) in [5.74, 6) is 0. The Morgan fingerprint density at radius 1 is 1.33 bits per heavy atom. The second-order valence-electron chi connectivity index (χ2n) is 3.02. The van der Waals surface area contributed by atoms with E-state index < -0.39 is 6.09 Å². The molecule has 0 spiro atoms. The topological polar surface area (TPSA) is 52.3 Å². The molecule has 0 heterocycles. The molecule has 15 heavy (non-hydrogen) atoms. The van der Waals surface area contributed by atoms with Gasteiger partial charge in [-0.15, -0.1) is 0 Å². The molecular weight excluding hydrogens is 237 g/mol. The molecule has 0 bridgehead atoms. The Hall–Kier alpha value is -0.930. The van der Waals surface area contributed by atoms with Crippen LogP contribution in [0.15, 0.2) is 18.2 Å². The van der Waals surface area contributed by atoms with Gasteiger partial charge in [0.2, 0.25) is 0 Å². The molecule has 0 fully saturated rings. The van der Waals surface area contributed by atoms with Crippen molar-refractivity contribution < 1.29 is 9.53 Å². The largest absolute Gasteiger partial charge is 0.450 e. The third kappa shape index (κ3) is 4.40. The molecule has 1 aromatic carbocycles. The maximum Gasteiger partial charge on any atom is 0.404 e. The van der Waals surface area contributed by atoms with Crippen LogP contribution in [0.25, 0.3) is 0 Å². The standard InChI is InChI=1S/C10H11Cl2NO2/c11-8-4-3-7(6-9(8)12)2-1-5-15-10(13)14/h3-4,6H,1-2,5H2,(H2,13,14). The highest BCUT2D eigenvalue weighted by Crippen LogP contribution is 2.23. The third-order valence-corrected chi connectivity index (χ3v) is 2.58. The molecule has 0 aliphatic carbocycles. The zero-order valence-corrected chi connectivity index (χ0v) is 9.52. The zero-order chi connectivity index (χ0) is 11.3. The predicted molar refractivity (Wildman–Crippen MR) is 60.3 cm³/mol. The molecular formula is C10H11Cl2NO2. The second-order valence-corrected chi connectivity index (χ2v) is 3.83. The molecule has 5 heteroatoms. The molecule has 0 aliphatic rings. The van der Waals surface area contributed by atoms with Crippen molar-refractivity contribution in [1.29, 1.82) is 0 Å². The molecule has 82 valence electrons. The molecule has 0 atom stereocenters. The van der Waals surface area contributed by atoms with Crippen molar-refractivity contribution in [1.82, 2.24) is 0 Å². The van der Waals surface area contributed by atoms with Crippen LogP contribution in [0.5, 0.6) is 0 Å². The zero-order valence-electron chi connectivity index (χ0n) is 8.00. The fourth-order valence-electron chi connectivity index (χ4n) is 1.14. The van der Waals surface area contributed by atoms with Crippen LogP contribution in [0.2, 0.25) is 10.0 Å². The monoisotopic (exact) mass is 247 g/mol. The van der Waals surface area contributed by atoms with E-state index in [0.717, 1.165) is 12.0 Å². The van der Waals surface area contributed by atoms with Crippen LogP contribution in [0.4, 0.5) is 4.79 Å². The highest BCUT2D eigenvalue weighted by atomic mass is 35.5. The summed E-state index contributed by atoms with van der Waals surface area (Å²) in [7, 11) is 0. The summed E-state index contributed by atoms with van der Waals surface area (Å²) in [4.78, 5) is 10.3. The first-order valence-corrected chi connectivity index (χ1v) is 5.21. The summed E-state index contributed by atoms with van der Waals surface area (Å²) in [6, 6.07) is 5.43. The number of hydrogen-bond acceptors (Lipinski definition) is 2. The SMILES string of the molecule is NC(=O)OCCCc1ccc(Cl)c(Cl)c1. The lowest BCUT2D eigenvalue weighted by atomic mass is 10.1. The Kier molecular flexibility index (Phi) is 4.72. The molecule has 1 rings (SSSR count). The summed E-state index contributed by atoms with van der Waals surface area (Å²) in [6.07, 6.45) is 0.731. The van der Waals surface area contributed by atoms with Crippen LogP contribution < -0.4 is 5.73 Å². The van der Waals surface area contributed by atoms with Gasteiger partial charge in [-0.05, 0) is 30.5 Å². The van der Waals surface area contributed by atoms with Crippen molar-refractivity contribution >= 4 is 29.3 Å². The molecule has 0 aliphatic heterocycles. The van der Waals surface area contributed by atoms with Crippen molar-refractivity contribution in [3.63, 3.8) is 0 Å². The van der Waals surface area contributed by atoms with E-state index in [-0.39, 0.29) is 0 Å². The van der Waals surface area contributed by atoms with Gasteiger partial charge >= 0.3 is 6.09 Å². The quantitative estimate of drug-likeness (QED) is 0.832. The lowest BCUT2D eigenvalue weighted by Gasteiger charge is -2.03. The summed E-state index contributed by atoms with van der Waals surface area (Å²) in [5, 5.41) is 1.07. The molecule has 0 radical (unpaired) electrons. The van der Waals surface area contributed by atoms with Crippen LogP contribution in [0, 0.1) is 0 Å². The molecule has 0 aromatic heterocycles. The van der Waals surface area contributed by atoms with Crippen LogP contribution >= 0.6 is 23.2 Å². The number of rotatable bonds is 4. The first-order chi connectivity index (χ1) is 7.09. The number of amides is 1. The van der Waals surface area contributed by atoms with Gasteiger partial charge in [-0.25, -0.2) is 4.79 Å². The fourth-order valence-corrected chi connectivity index (χ4v) is 1.46. The van der Waals surface area contributed by atoms with Gasteiger partial charge in [0.25, 0.3) is 0 Å². The van der Waals surface area contributed by atoms with Gasteiger partial charge in [0.1, 0.15) is 0 Å². The van der Waals surface area contributed by atoms with E-state index in [4.69, 9.17) is 28.9 Å². The molecule has 0 unspecified atom stereocenters. The number of nitrogens with two attached hydrogens (primary N) is 1. The van der Waals surface area contributed by atoms with E-state index in [1.807, 2.05) is 6.07 Å². The number of benzene rings is 1. The summed E-state index contributed by atoms with van der Waals surface area (Å²) in [6.45, 7) is 0.315. The number of hydrogen-bond donors (Lipinski definition) is 1. The van der Waals surface area contributed by atoms with Gasteiger partial charge in [-0.3, -0.25) is 0 Å². The number of ether oxygens (including phenoxy) is 1. The lowest BCUT2D eigenvalue weighted by Crippen LogP contribution is -2.13. The van der Waals surface area contributed by atoms with Gasteiger partial charge in [0, 0.05) is 0 Å². The van der Waals surface area contributed by atoms with E-state index in [9.17, 15) is 4.79 Å². The molecule has 0 saturated heterocycles. The van der Waals surface area contributed by atoms with Gasteiger partial charge < -0.3 is 10.5 Å². The van der Waals surface area contributed by atoms with Gasteiger partial charge in [0.15, 0.2) is 0 Å². The maximum atomic E-state index is 10.3. The number of carbonyl (C=O) groups excluding carboxylic acids is 1. The summed E-state index contributed by atoms with van der Waals surface area (Å²) >= 11 is 11.6. The highest BCUT2D eigenvalue weighted by molar-refractivity contribution is 6.42. The van der Waals surface area contributed by atoms with Gasteiger partial charge in [0.05, 0.1) is 16.7 Å². The average Bonchev–Trinajstić information content (AvgIpc) is 2.18. The number of carbonyl (C=O) groups is 1. The van der Waals surface area contributed by atoms with E-state index in [1.54, 1.807) is 12.1 Å². The Balaban J connectivity index is 2.38. The number of primary amides is 1. The second kappa shape index (κ2) is 5.83. The molecule has 0 saturated carbocycles. The first kappa shape index (κ1) is 12.1. The average molecular weight is 248 g/mol. The Morgan fingerprint density at radius 3 is 2.67 bits per heavy atom. The number of aryl methyl sites for hydroxylation is 1. The highest BCUT2D eigenvalue weighted by Gasteiger charge is 2.00. The minimum Gasteiger partial charge on any atom is -0.450 e. The maximum absolute atomic E-state index is 10.3. The summed E-state index contributed by atoms with van der Waals surface area (Å²) in [5.41, 5.74) is 5.87. The van der Waals surface area contributed by atoms with Gasteiger partial charge in [-0.2, -0.15) is 0 Å². The van der Waals surface area contributed by atoms with E-state index in [0.29, 0.717) is 23.1 Å². The van der Waals surface area contributed by atoms with Crippen molar-refractivity contribution in [2.45, 2.75) is 12.8 Å².